The van der Waals surface area contributed by atoms with Crippen molar-refractivity contribution in [3.8, 4) is 11.5 Å². The Morgan fingerprint density at radius 2 is 2.21 bits per heavy atom. The molecule has 0 aliphatic carbocycles. The van der Waals surface area contributed by atoms with Crippen LogP contribution < -0.4 is 10.2 Å². The van der Waals surface area contributed by atoms with Crippen LogP contribution in [0, 0.1) is 13.8 Å². The van der Waals surface area contributed by atoms with Crippen molar-refractivity contribution in [2.45, 2.75) is 13.8 Å². The number of ether oxygens (including phenoxy) is 1. The van der Waals surface area contributed by atoms with Crippen LogP contribution in [0.25, 0.3) is 0 Å². The van der Waals surface area contributed by atoms with E-state index in [4.69, 9.17) is 4.74 Å². The number of nitrogens with one attached hydrogen (secondary N) is 1. The average Bonchev–Trinajstić information content (AvgIpc) is 2.71. The van der Waals surface area contributed by atoms with Crippen LogP contribution in [0.2, 0.25) is 0 Å². The van der Waals surface area contributed by atoms with Crippen molar-refractivity contribution >= 4 is 22.7 Å². The second-order valence-corrected chi connectivity index (χ2v) is 5.13. The third-order valence-corrected chi connectivity index (χ3v) is 3.62. The quantitative estimate of drug-likeness (QED) is 0.666. The van der Waals surface area contributed by atoms with Gasteiger partial charge in [-0.05, 0) is 26.0 Å². The Balaban J connectivity index is 2.11. The zero-order valence-electron chi connectivity index (χ0n) is 11.0. The van der Waals surface area contributed by atoms with Crippen LogP contribution in [-0.2, 0) is 0 Å². The largest absolute Gasteiger partial charge is 0.504 e. The van der Waals surface area contributed by atoms with Crippen LogP contribution >= 0.6 is 11.3 Å². The number of anilines is 1. The average molecular weight is 277 g/mol. The highest BCUT2D eigenvalue weighted by Crippen LogP contribution is 2.28. The van der Waals surface area contributed by atoms with E-state index in [0.29, 0.717) is 11.3 Å². The maximum Gasteiger partial charge on any atom is 0.203 e. The zero-order valence-corrected chi connectivity index (χ0v) is 11.8. The van der Waals surface area contributed by atoms with E-state index in [0.717, 1.165) is 15.7 Å². The number of nitrogens with zero attached hydrogens (tertiary/aromatic N) is 2. The van der Waals surface area contributed by atoms with Gasteiger partial charge in [-0.2, -0.15) is 5.10 Å². The predicted molar refractivity (Wildman–Crippen MR) is 77.5 cm³/mol. The summed E-state index contributed by atoms with van der Waals surface area (Å²) in [6.07, 6.45) is 1.53. The number of hydrogen-bond acceptors (Lipinski definition) is 6. The molecule has 0 aliphatic heterocycles. The minimum absolute atomic E-state index is 0.0713. The van der Waals surface area contributed by atoms with Gasteiger partial charge >= 0.3 is 0 Å². The van der Waals surface area contributed by atoms with E-state index in [-0.39, 0.29) is 5.75 Å². The molecule has 0 atom stereocenters. The highest BCUT2D eigenvalue weighted by atomic mass is 32.1. The third-order valence-electron chi connectivity index (χ3n) is 2.64. The third kappa shape index (κ3) is 3.03. The molecular weight excluding hydrogens is 262 g/mol. The first-order valence-electron chi connectivity index (χ1n) is 5.71. The molecule has 2 N–H and O–H groups in total. The number of para-hydroxylation sites is 1. The van der Waals surface area contributed by atoms with Gasteiger partial charge in [-0.15, -0.1) is 11.3 Å². The maximum atomic E-state index is 9.88. The van der Waals surface area contributed by atoms with Gasteiger partial charge in [-0.1, -0.05) is 6.07 Å². The second-order valence-electron chi connectivity index (χ2n) is 3.93. The fourth-order valence-electron chi connectivity index (χ4n) is 1.49. The van der Waals surface area contributed by atoms with Gasteiger partial charge in [-0.3, -0.25) is 5.43 Å². The van der Waals surface area contributed by atoms with E-state index in [1.165, 1.54) is 24.7 Å². The lowest BCUT2D eigenvalue weighted by Gasteiger charge is -2.04. The number of aryl methyl sites for hydroxylation is 2. The van der Waals surface area contributed by atoms with Crippen molar-refractivity contribution in [2.24, 2.45) is 5.10 Å². The summed E-state index contributed by atoms with van der Waals surface area (Å²) >= 11 is 1.54. The molecule has 0 saturated heterocycles. The van der Waals surface area contributed by atoms with Crippen LogP contribution in [0.15, 0.2) is 23.3 Å². The highest BCUT2D eigenvalue weighted by molar-refractivity contribution is 7.15. The number of aromatic nitrogens is 1. The monoisotopic (exact) mass is 277 g/mol. The van der Waals surface area contributed by atoms with Crippen molar-refractivity contribution < 1.29 is 9.84 Å². The molecule has 0 fully saturated rings. The molecule has 1 aromatic heterocycles. The van der Waals surface area contributed by atoms with Gasteiger partial charge < -0.3 is 9.84 Å². The van der Waals surface area contributed by atoms with E-state index in [1.807, 2.05) is 13.8 Å². The lowest BCUT2D eigenvalue weighted by atomic mass is 10.2. The Kier molecular flexibility index (Phi) is 4.01. The highest BCUT2D eigenvalue weighted by Gasteiger charge is 2.05. The number of benzene rings is 1. The molecule has 19 heavy (non-hydrogen) atoms. The van der Waals surface area contributed by atoms with Gasteiger partial charge in [0, 0.05) is 10.4 Å². The summed E-state index contributed by atoms with van der Waals surface area (Å²) in [7, 11) is 1.51. The Morgan fingerprint density at radius 3 is 2.84 bits per heavy atom. The molecule has 2 aromatic rings. The summed E-state index contributed by atoms with van der Waals surface area (Å²) in [5, 5.41) is 14.7. The molecule has 0 saturated carbocycles. The molecule has 0 spiro atoms. The molecule has 5 nitrogen and oxygen atoms in total. The molecule has 6 heteroatoms. The molecular formula is C13H15N3O2S. The number of thiazole rings is 1. The second kappa shape index (κ2) is 5.71. The summed E-state index contributed by atoms with van der Waals surface area (Å²) in [6, 6.07) is 5.23. The van der Waals surface area contributed by atoms with Crippen molar-refractivity contribution in [3.05, 3.63) is 34.3 Å². The van der Waals surface area contributed by atoms with E-state index in [1.54, 1.807) is 18.2 Å². The minimum Gasteiger partial charge on any atom is -0.504 e. The Morgan fingerprint density at radius 1 is 1.42 bits per heavy atom. The Hall–Kier alpha value is -2.08. The number of rotatable bonds is 4. The van der Waals surface area contributed by atoms with Crippen molar-refractivity contribution in [3.63, 3.8) is 0 Å². The summed E-state index contributed by atoms with van der Waals surface area (Å²) in [5.74, 6) is 0.493. The lowest BCUT2D eigenvalue weighted by molar-refractivity contribution is 0.373. The van der Waals surface area contributed by atoms with Crippen LogP contribution in [-0.4, -0.2) is 23.4 Å². The predicted octanol–water partition coefficient (Wildman–Crippen LogP) is 2.92. The van der Waals surface area contributed by atoms with Gasteiger partial charge in [0.25, 0.3) is 0 Å². The van der Waals surface area contributed by atoms with Gasteiger partial charge in [0.2, 0.25) is 5.13 Å². The van der Waals surface area contributed by atoms with Crippen LogP contribution in [0.5, 0.6) is 11.5 Å². The van der Waals surface area contributed by atoms with Crippen molar-refractivity contribution in [2.75, 3.05) is 12.5 Å². The Bertz CT molecular complexity index is 588. The van der Waals surface area contributed by atoms with E-state index in [9.17, 15) is 5.11 Å². The van der Waals surface area contributed by atoms with Crippen LogP contribution in [0.4, 0.5) is 5.13 Å². The maximum absolute atomic E-state index is 9.88. The fraction of sp³-hybridized carbons (Fsp3) is 0.231. The van der Waals surface area contributed by atoms with Crippen LogP contribution in [0.3, 0.4) is 0 Å². The van der Waals surface area contributed by atoms with E-state index < -0.39 is 0 Å². The summed E-state index contributed by atoms with van der Waals surface area (Å²) < 4.78 is 5.03. The number of aromatic hydroxyl groups is 1. The number of phenols is 1. The smallest absolute Gasteiger partial charge is 0.203 e. The molecule has 2 rings (SSSR count). The molecule has 1 aromatic carbocycles. The van der Waals surface area contributed by atoms with Crippen molar-refractivity contribution in [1.29, 1.82) is 0 Å². The molecule has 0 amide bonds. The minimum atomic E-state index is 0.0713. The summed E-state index contributed by atoms with van der Waals surface area (Å²) in [5.41, 5.74) is 4.42. The Labute approximate surface area is 115 Å². The van der Waals surface area contributed by atoms with Crippen molar-refractivity contribution in [1.82, 2.24) is 4.98 Å². The number of hydrazone groups is 1. The van der Waals surface area contributed by atoms with Gasteiger partial charge in [0.1, 0.15) is 0 Å². The number of methoxy groups -OCH3 is 1. The molecule has 100 valence electrons. The van der Waals surface area contributed by atoms with Gasteiger partial charge in [0.05, 0.1) is 19.0 Å². The standard InChI is InChI=1S/C13H15N3O2S/c1-8-9(2)19-13(15-8)16-14-7-10-5-4-6-11(18-3)12(10)17/h4-7,17H,1-3H3,(H,15,16)/b14-7+. The molecule has 1 heterocycles. The normalized spacial score (nSPS) is 10.9. The van der Waals surface area contributed by atoms with Gasteiger partial charge in [-0.25, -0.2) is 4.98 Å². The van der Waals surface area contributed by atoms with Crippen LogP contribution in [0.1, 0.15) is 16.1 Å². The molecule has 0 unspecified atom stereocenters. The topological polar surface area (TPSA) is 66.7 Å². The molecule has 0 bridgehead atoms. The van der Waals surface area contributed by atoms with E-state index in [2.05, 4.69) is 15.5 Å². The van der Waals surface area contributed by atoms with Gasteiger partial charge in [0.15, 0.2) is 11.5 Å². The zero-order chi connectivity index (χ0) is 13.8. The first kappa shape index (κ1) is 13.4. The fourth-order valence-corrected chi connectivity index (χ4v) is 2.25. The lowest BCUT2D eigenvalue weighted by Crippen LogP contribution is -1.92. The molecule has 0 aliphatic rings. The number of hydrogen-bond donors (Lipinski definition) is 2. The summed E-state index contributed by atoms with van der Waals surface area (Å²) in [4.78, 5) is 5.46. The molecule has 0 radical (unpaired) electrons. The first-order valence-corrected chi connectivity index (χ1v) is 6.52. The first-order chi connectivity index (χ1) is 9.11. The SMILES string of the molecule is COc1cccc(/C=N/Nc2nc(C)c(C)s2)c1O. The summed E-state index contributed by atoms with van der Waals surface area (Å²) in [6.45, 7) is 3.96. The number of phenolic OH excluding ortho intramolecular Hbond substituents is 1. The van der Waals surface area contributed by atoms with E-state index >= 15 is 0 Å².